The lowest BCUT2D eigenvalue weighted by Gasteiger charge is -2.33. The average Bonchev–Trinajstić information content (AvgIpc) is 2.72. The van der Waals surface area contributed by atoms with Crippen LogP contribution in [0.15, 0.2) is 42.5 Å². The lowest BCUT2D eigenvalue weighted by atomic mass is 10.0. The molecule has 0 saturated carbocycles. The number of benzene rings is 2. The molecular formula is C22H25F2N3O2. The van der Waals surface area contributed by atoms with Crippen LogP contribution in [0.5, 0.6) is 5.75 Å². The molecule has 2 aromatic rings. The summed E-state index contributed by atoms with van der Waals surface area (Å²) >= 11 is 0. The Morgan fingerprint density at radius 1 is 1.03 bits per heavy atom. The lowest BCUT2D eigenvalue weighted by Crippen LogP contribution is -2.48. The summed E-state index contributed by atoms with van der Waals surface area (Å²) in [5.74, 6) is -0.810. The van der Waals surface area contributed by atoms with Crippen molar-refractivity contribution < 1.29 is 18.3 Å². The maximum absolute atomic E-state index is 13.4. The van der Waals surface area contributed by atoms with E-state index in [4.69, 9.17) is 4.74 Å². The van der Waals surface area contributed by atoms with Gasteiger partial charge < -0.3 is 15.4 Å². The van der Waals surface area contributed by atoms with Crippen LogP contribution in [0.2, 0.25) is 0 Å². The SMILES string of the molecule is O=C(NC1CCN(Cc2ccc(F)c(F)c2)CC1)N[C@H]1CCOc2ccccc21. The molecule has 5 nitrogen and oxygen atoms in total. The third-order valence-electron chi connectivity index (χ3n) is 5.58. The van der Waals surface area contributed by atoms with E-state index in [0.717, 1.165) is 55.3 Å². The molecule has 0 unspecified atom stereocenters. The summed E-state index contributed by atoms with van der Waals surface area (Å²) in [6.07, 6.45) is 2.39. The van der Waals surface area contributed by atoms with Crippen LogP contribution in [-0.4, -0.2) is 36.7 Å². The number of piperidine rings is 1. The fraction of sp³-hybridized carbons (Fsp3) is 0.409. The number of carbonyl (C=O) groups excluding carboxylic acids is 1. The standard InChI is InChI=1S/C22H25F2N3O2/c23-18-6-5-15(13-19(18)24)14-27-10-7-16(8-11-27)25-22(28)26-20-9-12-29-21-4-2-1-3-17(20)21/h1-6,13,16,20H,7-12,14H2,(H2,25,26,28)/t20-/m0/s1. The molecule has 2 N–H and O–H groups in total. The number of urea groups is 1. The summed E-state index contributed by atoms with van der Waals surface area (Å²) in [5, 5.41) is 6.13. The highest BCUT2D eigenvalue weighted by atomic mass is 19.2. The number of amides is 2. The van der Waals surface area contributed by atoms with Gasteiger partial charge in [0.05, 0.1) is 12.6 Å². The van der Waals surface area contributed by atoms with E-state index in [2.05, 4.69) is 15.5 Å². The molecule has 0 radical (unpaired) electrons. The van der Waals surface area contributed by atoms with Gasteiger partial charge in [0.1, 0.15) is 5.75 Å². The molecule has 2 aromatic carbocycles. The summed E-state index contributed by atoms with van der Waals surface area (Å²) < 4.78 is 32.1. The molecule has 1 atom stereocenters. The first-order valence-corrected chi connectivity index (χ1v) is 10.0. The minimum Gasteiger partial charge on any atom is -0.493 e. The molecule has 2 heterocycles. The summed E-state index contributed by atoms with van der Waals surface area (Å²) in [4.78, 5) is 14.7. The molecule has 2 aliphatic rings. The Kier molecular flexibility index (Phi) is 5.94. The predicted octanol–water partition coefficient (Wildman–Crippen LogP) is 3.75. The van der Waals surface area contributed by atoms with E-state index < -0.39 is 11.6 Å². The summed E-state index contributed by atoms with van der Waals surface area (Å²) in [7, 11) is 0. The maximum Gasteiger partial charge on any atom is 0.315 e. The fourth-order valence-electron chi connectivity index (χ4n) is 4.01. The first kappa shape index (κ1) is 19.6. The van der Waals surface area contributed by atoms with Crippen molar-refractivity contribution in [2.75, 3.05) is 19.7 Å². The highest BCUT2D eigenvalue weighted by Gasteiger charge is 2.25. The summed E-state index contributed by atoms with van der Waals surface area (Å²) in [6.45, 7) is 2.76. The monoisotopic (exact) mass is 401 g/mol. The number of nitrogens with one attached hydrogen (secondary N) is 2. The zero-order valence-corrected chi connectivity index (χ0v) is 16.2. The van der Waals surface area contributed by atoms with Crippen molar-refractivity contribution >= 4 is 6.03 Å². The Labute approximate surface area is 169 Å². The molecule has 4 rings (SSSR count). The minimum atomic E-state index is -0.824. The molecule has 2 amide bonds. The molecule has 0 bridgehead atoms. The van der Waals surface area contributed by atoms with Gasteiger partial charge in [-0.25, -0.2) is 13.6 Å². The number of hydrogen-bond donors (Lipinski definition) is 2. The van der Waals surface area contributed by atoms with E-state index in [1.165, 1.54) is 6.07 Å². The Morgan fingerprint density at radius 2 is 1.83 bits per heavy atom. The Morgan fingerprint density at radius 3 is 2.62 bits per heavy atom. The summed E-state index contributed by atoms with van der Waals surface area (Å²) in [6, 6.07) is 11.7. The molecule has 2 aliphatic heterocycles. The van der Waals surface area contributed by atoms with Crippen LogP contribution in [0.25, 0.3) is 0 Å². The normalized spacial score (nSPS) is 19.9. The molecule has 29 heavy (non-hydrogen) atoms. The van der Waals surface area contributed by atoms with Gasteiger partial charge in [-0.1, -0.05) is 24.3 Å². The lowest BCUT2D eigenvalue weighted by molar-refractivity contribution is 0.183. The van der Waals surface area contributed by atoms with Crippen LogP contribution >= 0.6 is 0 Å². The van der Waals surface area contributed by atoms with Crippen molar-refractivity contribution in [1.82, 2.24) is 15.5 Å². The van der Waals surface area contributed by atoms with Gasteiger partial charge in [-0.2, -0.15) is 0 Å². The fourth-order valence-corrected chi connectivity index (χ4v) is 4.01. The molecular weight excluding hydrogens is 376 g/mol. The summed E-state index contributed by atoms with van der Waals surface area (Å²) in [5.41, 5.74) is 1.77. The topological polar surface area (TPSA) is 53.6 Å². The van der Waals surface area contributed by atoms with Crippen molar-refractivity contribution in [3.63, 3.8) is 0 Å². The second kappa shape index (κ2) is 8.78. The number of ether oxygens (including phenoxy) is 1. The van der Waals surface area contributed by atoms with Crippen LogP contribution in [0.3, 0.4) is 0 Å². The number of nitrogens with zero attached hydrogens (tertiary/aromatic N) is 1. The van der Waals surface area contributed by atoms with Crippen LogP contribution < -0.4 is 15.4 Å². The molecule has 1 fully saturated rings. The zero-order valence-electron chi connectivity index (χ0n) is 16.2. The number of likely N-dealkylation sites (tertiary alicyclic amines) is 1. The van der Waals surface area contributed by atoms with Crippen LogP contribution in [0, 0.1) is 11.6 Å². The number of halogens is 2. The van der Waals surface area contributed by atoms with Gasteiger partial charge >= 0.3 is 6.03 Å². The van der Waals surface area contributed by atoms with Crippen molar-refractivity contribution in [3.8, 4) is 5.75 Å². The van der Waals surface area contributed by atoms with Crippen LogP contribution in [-0.2, 0) is 6.54 Å². The number of para-hydroxylation sites is 1. The highest BCUT2D eigenvalue weighted by Crippen LogP contribution is 2.31. The highest BCUT2D eigenvalue weighted by molar-refractivity contribution is 5.75. The first-order valence-electron chi connectivity index (χ1n) is 10.0. The molecule has 7 heteroatoms. The molecule has 0 aromatic heterocycles. The van der Waals surface area contributed by atoms with E-state index in [-0.39, 0.29) is 18.1 Å². The molecule has 0 spiro atoms. The van der Waals surface area contributed by atoms with E-state index in [9.17, 15) is 13.6 Å². The number of carbonyl (C=O) groups is 1. The van der Waals surface area contributed by atoms with Gasteiger partial charge in [0.15, 0.2) is 11.6 Å². The Balaban J connectivity index is 1.24. The maximum atomic E-state index is 13.4. The van der Waals surface area contributed by atoms with Gasteiger partial charge in [0, 0.05) is 37.7 Å². The molecule has 1 saturated heterocycles. The Hall–Kier alpha value is -2.67. The van der Waals surface area contributed by atoms with Crippen molar-refractivity contribution in [2.24, 2.45) is 0 Å². The zero-order chi connectivity index (χ0) is 20.2. The number of rotatable bonds is 4. The van der Waals surface area contributed by atoms with Crippen LogP contribution in [0.4, 0.5) is 13.6 Å². The molecule has 154 valence electrons. The van der Waals surface area contributed by atoms with E-state index in [0.29, 0.717) is 13.2 Å². The van der Waals surface area contributed by atoms with Crippen molar-refractivity contribution in [3.05, 3.63) is 65.2 Å². The van der Waals surface area contributed by atoms with E-state index in [1.54, 1.807) is 6.07 Å². The quantitative estimate of drug-likeness (QED) is 0.821. The van der Waals surface area contributed by atoms with Gasteiger partial charge in [0.25, 0.3) is 0 Å². The molecule has 0 aliphatic carbocycles. The van der Waals surface area contributed by atoms with Gasteiger partial charge in [0.2, 0.25) is 0 Å². The number of fused-ring (bicyclic) bond motifs is 1. The van der Waals surface area contributed by atoms with Gasteiger partial charge in [-0.3, -0.25) is 4.90 Å². The third-order valence-corrected chi connectivity index (χ3v) is 5.58. The van der Waals surface area contributed by atoms with Crippen molar-refractivity contribution in [2.45, 2.75) is 37.9 Å². The van der Waals surface area contributed by atoms with Crippen molar-refractivity contribution in [1.29, 1.82) is 0 Å². The average molecular weight is 401 g/mol. The predicted molar refractivity (Wildman–Crippen MR) is 106 cm³/mol. The third kappa shape index (κ3) is 4.85. The Bertz CT molecular complexity index is 869. The van der Waals surface area contributed by atoms with E-state index >= 15 is 0 Å². The largest absolute Gasteiger partial charge is 0.493 e. The van der Waals surface area contributed by atoms with Gasteiger partial charge in [-0.05, 0) is 36.6 Å². The second-order valence-corrected chi connectivity index (χ2v) is 7.64. The minimum absolute atomic E-state index is 0.0478. The first-order chi connectivity index (χ1) is 14.1. The van der Waals surface area contributed by atoms with Gasteiger partial charge in [-0.15, -0.1) is 0 Å². The van der Waals surface area contributed by atoms with Crippen LogP contribution in [0.1, 0.15) is 36.4 Å². The smallest absolute Gasteiger partial charge is 0.315 e. The number of hydrogen-bond acceptors (Lipinski definition) is 3. The van der Waals surface area contributed by atoms with E-state index in [1.807, 2.05) is 24.3 Å². The second-order valence-electron chi connectivity index (χ2n) is 7.64.